The molecule has 4 nitrogen and oxygen atoms in total. The molecule has 0 aliphatic carbocycles. The molecule has 0 radical (unpaired) electrons. The standard InChI is InChI=1S/C12H21N3O/c1-9-12(4-3-6-13)10(2)15(14-9)11-5-7-16-8-11/h11H,3-8,13H2,1-2H3. The molecule has 0 saturated carbocycles. The highest BCUT2D eigenvalue weighted by Gasteiger charge is 2.22. The fourth-order valence-electron chi connectivity index (χ4n) is 2.41. The third kappa shape index (κ3) is 2.13. The molecule has 2 heterocycles. The second-order valence-electron chi connectivity index (χ2n) is 4.50. The monoisotopic (exact) mass is 223 g/mol. The van der Waals surface area contributed by atoms with Crippen LogP contribution in [0.4, 0.5) is 0 Å². The van der Waals surface area contributed by atoms with Crippen LogP contribution in [-0.2, 0) is 11.2 Å². The lowest BCUT2D eigenvalue weighted by molar-refractivity contribution is 0.184. The molecule has 1 unspecified atom stereocenters. The van der Waals surface area contributed by atoms with E-state index in [4.69, 9.17) is 10.5 Å². The van der Waals surface area contributed by atoms with Crippen molar-refractivity contribution >= 4 is 0 Å². The molecule has 2 N–H and O–H groups in total. The van der Waals surface area contributed by atoms with Gasteiger partial charge in [0.25, 0.3) is 0 Å². The normalized spacial score (nSPS) is 20.6. The highest BCUT2D eigenvalue weighted by molar-refractivity contribution is 5.25. The second kappa shape index (κ2) is 4.97. The molecular formula is C12H21N3O. The quantitative estimate of drug-likeness (QED) is 0.838. The lowest BCUT2D eigenvalue weighted by atomic mass is 10.1. The predicted octanol–water partition coefficient (Wildman–Crippen LogP) is 1.35. The van der Waals surface area contributed by atoms with Gasteiger partial charge < -0.3 is 10.5 Å². The maximum Gasteiger partial charge on any atom is 0.0777 e. The van der Waals surface area contributed by atoms with Crippen molar-refractivity contribution in [2.45, 2.75) is 39.2 Å². The first-order valence-electron chi connectivity index (χ1n) is 6.06. The minimum Gasteiger partial charge on any atom is -0.379 e. The summed E-state index contributed by atoms with van der Waals surface area (Å²) in [5.74, 6) is 0. The van der Waals surface area contributed by atoms with E-state index in [1.165, 1.54) is 11.3 Å². The summed E-state index contributed by atoms with van der Waals surface area (Å²) >= 11 is 0. The summed E-state index contributed by atoms with van der Waals surface area (Å²) in [5.41, 5.74) is 9.37. The smallest absolute Gasteiger partial charge is 0.0777 e. The first-order valence-corrected chi connectivity index (χ1v) is 6.06. The van der Waals surface area contributed by atoms with Gasteiger partial charge in [0, 0.05) is 12.3 Å². The number of rotatable bonds is 4. The first-order chi connectivity index (χ1) is 7.74. The lowest BCUT2D eigenvalue weighted by Crippen LogP contribution is -2.12. The Morgan fingerprint density at radius 1 is 1.50 bits per heavy atom. The number of nitrogens with two attached hydrogens (primary N) is 1. The van der Waals surface area contributed by atoms with E-state index in [1.807, 2.05) is 0 Å². The minimum absolute atomic E-state index is 0.435. The molecule has 1 atom stereocenters. The zero-order chi connectivity index (χ0) is 11.5. The molecule has 1 saturated heterocycles. The number of aromatic nitrogens is 2. The summed E-state index contributed by atoms with van der Waals surface area (Å²) in [7, 11) is 0. The summed E-state index contributed by atoms with van der Waals surface area (Å²) in [6, 6.07) is 0.435. The molecule has 1 aromatic rings. The third-order valence-electron chi connectivity index (χ3n) is 3.36. The largest absolute Gasteiger partial charge is 0.379 e. The average molecular weight is 223 g/mol. The van der Waals surface area contributed by atoms with Gasteiger partial charge in [0.2, 0.25) is 0 Å². The summed E-state index contributed by atoms with van der Waals surface area (Å²) in [6.45, 7) is 6.66. The molecule has 1 aliphatic rings. The summed E-state index contributed by atoms with van der Waals surface area (Å²) < 4.78 is 7.56. The van der Waals surface area contributed by atoms with Crippen LogP contribution in [0.25, 0.3) is 0 Å². The van der Waals surface area contributed by atoms with E-state index in [1.54, 1.807) is 0 Å². The van der Waals surface area contributed by atoms with Crippen LogP contribution in [0, 0.1) is 13.8 Å². The van der Waals surface area contributed by atoms with Gasteiger partial charge in [-0.3, -0.25) is 4.68 Å². The van der Waals surface area contributed by atoms with E-state index in [-0.39, 0.29) is 0 Å². The maximum absolute atomic E-state index is 5.56. The Balaban J connectivity index is 2.19. The van der Waals surface area contributed by atoms with Crippen LogP contribution in [0.1, 0.15) is 35.8 Å². The van der Waals surface area contributed by atoms with Crippen molar-refractivity contribution in [3.05, 3.63) is 17.0 Å². The number of aryl methyl sites for hydroxylation is 1. The van der Waals surface area contributed by atoms with Gasteiger partial charge in [-0.05, 0) is 45.2 Å². The van der Waals surface area contributed by atoms with E-state index in [2.05, 4.69) is 23.6 Å². The maximum atomic E-state index is 5.56. The molecule has 0 amide bonds. The second-order valence-corrected chi connectivity index (χ2v) is 4.50. The Hall–Kier alpha value is -0.870. The van der Waals surface area contributed by atoms with Crippen LogP contribution in [0.15, 0.2) is 0 Å². The van der Waals surface area contributed by atoms with Crippen molar-refractivity contribution in [1.82, 2.24) is 9.78 Å². The van der Waals surface area contributed by atoms with Gasteiger partial charge in [0.05, 0.1) is 18.3 Å². The number of hydrogen-bond acceptors (Lipinski definition) is 3. The summed E-state index contributed by atoms with van der Waals surface area (Å²) in [4.78, 5) is 0. The molecule has 16 heavy (non-hydrogen) atoms. The Morgan fingerprint density at radius 3 is 2.94 bits per heavy atom. The van der Waals surface area contributed by atoms with Crippen LogP contribution < -0.4 is 5.73 Å². The zero-order valence-corrected chi connectivity index (χ0v) is 10.2. The Morgan fingerprint density at radius 2 is 2.31 bits per heavy atom. The van der Waals surface area contributed by atoms with Gasteiger partial charge in [-0.1, -0.05) is 0 Å². The Bertz CT molecular complexity index is 353. The zero-order valence-electron chi connectivity index (χ0n) is 10.2. The van der Waals surface area contributed by atoms with Crippen LogP contribution in [-0.4, -0.2) is 29.5 Å². The van der Waals surface area contributed by atoms with E-state index >= 15 is 0 Å². The van der Waals surface area contributed by atoms with Crippen molar-refractivity contribution in [2.75, 3.05) is 19.8 Å². The molecule has 2 rings (SSSR count). The fourth-order valence-corrected chi connectivity index (χ4v) is 2.41. The predicted molar refractivity (Wildman–Crippen MR) is 63.5 cm³/mol. The van der Waals surface area contributed by atoms with Crippen LogP contribution in [0.5, 0.6) is 0 Å². The van der Waals surface area contributed by atoms with Gasteiger partial charge in [-0.25, -0.2) is 0 Å². The Labute approximate surface area is 96.8 Å². The number of nitrogens with zero attached hydrogens (tertiary/aromatic N) is 2. The van der Waals surface area contributed by atoms with Gasteiger partial charge >= 0.3 is 0 Å². The molecule has 1 fully saturated rings. The summed E-state index contributed by atoms with van der Waals surface area (Å²) in [5, 5.41) is 4.64. The van der Waals surface area contributed by atoms with Crippen molar-refractivity contribution in [1.29, 1.82) is 0 Å². The third-order valence-corrected chi connectivity index (χ3v) is 3.36. The number of hydrogen-bond donors (Lipinski definition) is 1. The lowest BCUT2D eigenvalue weighted by Gasteiger charge is -2.11. The molecule has 0 spiro atoms. The van der Waals surface area contributed by atoms with Crippen molar-refractivity contribution < 1.29 is 4.74 Å². The molecule has 1 aromatic heterocycles. The van der Waals surface area contributed by atoms with Crippen molar-refractivity contribution in [3.8, 4) is 0 Å². The van der Waals surface area contributed by atoms with Crippen molar-refractivity contribution in [2.24, 2.45) is 5.73 Å². The first kappa shape index (κ1) is 11.6. The number of ether oxygens (including phenoxy) is 1. The molecular weight excluding hydrogens is 202 g/mol. The topological polar surface area (TPSA) is 53.1 Å². The summed E-state index contributed by atoms with van der Waals surface area (Å²) in [6.07, 6.45) is 3.16. The SMILES string of the molecule is Cc1nn(C2CCOC2)c(C)c1CCCN. The molecule has 0 aromatic carbocycles. The fraction of sp³-hybridized carbons (Fsp3) is 0.750. The molecule has 4 heteroatoms. The van der Waals surface area contributed by atoms with E-state index < -0.39 is 0 Å². The van der Waals surface area contributed by atoms with Gasteiger partial charge in [-0.15, -0.1) is 0 Å². The van der Waals surface area contributed by atoms with Gasteiger partial charge in [-0.2, -0.15) is 5.10 Å². The van der Waals surface area contributed by atoms with E-state index in [0.29, 0.717) is 6.04 Å². The highest BCUT2D eigenvalue weighted by Crippen LogP contribution is 2.24. The van der Waals surface area contributed by atoms with Gasteiger partial charge in [0.15, 0.2) is 0 Å². The molecule has 90 valence electrons. The average Bonchev–Trinajstić information content (AvgIpc) is 2.86. The van der Waals surface area contributed by atoms with Gasteiger partial charge in [0.1, 0.15) is 0 Å². The van der Waals surface area contributed by atoms with E-state index in [0.717, 1.165) is 44.7 Å². The Kier molecular flexibility index (Phi) is 3.61. The van der Waals surface area contributed by atoms with Crippen molar-refractivity contribution in [3.63, 3.8) is 0 Å². The minimum atomic E-state index is 0.435. The van der Waals surface area contributed by atoms with Crippen LogP contribution in [0.3, 0.4) is 0 Å². The van der Waals surface area contributed by atoms with E-state index in [9.17, 15) is 0 Å². The van der Waals surface area contributed by atoms with Crippen LogP contribution >= 0.6 is 0 Å². The highest BCUT2D eigenvalue weighted by atomic mass is 16.5. The molecule has 0 bridgehead atoms. The van der Waals surface area contributed by atoms with Crippen LogP contribution in [0.2, 0.25) is 0 Å². The molecule has 1 aliphatic heterocycles.